The van der Waals surface area contributed by atoms with Crippen molar-refractivity contribution in [3.63, 3.8) is 0 Å². The van der Waals surface area contributed by atoms with Crippen LogP contribution in [0.4, 0.5) is 0 Å². The monoisotopic (exact) mass is 233 g/mol. The summed E-state index contributed by atoms with van der Waals surface area (Å²) in [5.74, 6) is 0. The second-order valence-corrected chi connectivity index (χ2v) is 4.67. The Balaban J connectivity index is 2.18. The molecule has 0 spiro atoms. The van der Waals surface area contributed by atoms with Crippen LogP contribution in [0, 0.1) is 0 Å². The molecule has 1 aliphatic heterocycles. The molecule has 0 saturated heterocycles. The molecule has 86 valence electrons. The van der Waals surface area contributed by atoms with Crippen LogP contribution in [-0.2, 0) is 6.42 Å². The van der Waals surface area contributed by atoms with Gasteiger partial charge in [0.15, 0.2) is 0 Å². The normalized spacial score (nSPS) is 12.4. The van der Waals surface area contributed by atoms with Crippen LogP contribution in [0.15, 0.2) is 59.4 Å². The van der Waals surface area contributed by atoms with Crippen LogP contribution >= 0.6 is 0 Å². The molecular formula is C16H11NO. The summed E-state index contributed by atoms with van der Waals surface area (Å²) in [5, 5.41) is 1.82. The number of hydrogen-bond donors (Lipinski definition) is 0. The first-order valence-corrected chi connectivity index (χ1v) is 6.06. The van der Waals surface area contributed by atoms with Gasteiger partial charge in [-0.25, -0.2) is 0 Å². The molecule has 2 aromatic carbocycles. The Morgan fingerprint density at radius 3 is 2.67 bits per heavy atom. The molecule has 3 aromatic rings. The van der Waals surface area contributed by atoms with E-state index in [2.05, 4.69) is 12.1 Å². The molecule has 2 nitrogen and oxygen atoms in total. The van der Waals surface area contributed by atoms with Crippen molar-refractivity contribution in [3.05, 3.63) is 76.2 Å². The first-order chi connectivity index (χ1) is 8.84. The lowest BCUT2D eigenvalue weighted by Crippen LogP contribution is -2.18. The Labute approximate surface area is 104 Å². The molecule has 0 aliphatic carbocycles. The number of para-hydroxylation sites is 1. The van der Waals surface area contributed by atoms with Crippen molar-refractivity contribution in [1.29, 1.82) is 0 Å². The minimum Gasteiger partial charge on any atom is -0.280 e. The second kappa shape index (κ2) is 3.33. The highest BCUT2D eigenvalue weighted by Crippen LogP contribution is 2.27. The van der Waals surface area contributed by atoms with Crippen LogP contribution in [0.25, 0.3) is 16.5 Å². The first-order valence-electron chi connectivity index (χ1n) is 6.06. The Hall–Kier alpha value is -2.35. The standard InChI is InChI=1S/C16H11NO/c18-16-14-7-3-1-5-11(14)9-13-10-12-6-2-4-8-15(12)17(13)16/h1-9H,10H2. The van der Waals surface area contributed by atoms with Gasteiger partial charge >= 0.3 is 0 Å². The second-order valence-electron chi connectivity index (χ2n) is 4.67. The Kier molecular flexibility index (Phi) is 1.78. The van der Waals surface area contributed by atoms with Crippen molar-refractivity contribution in [2.75, 3.05) is 0 Å². The van der Waals surface area contributed by atoms with E-state index in [0.717, 1.165) is 28.6 Å². The summed E-state index contributed by atoms with van der Waals surface area (Å²) in [6.45, 7) is 0. The summed E-state index contributed by atoms with van der Waals surface area (Å²) >= 11 is 0. The molecule has 4 rings (SSSR count). The van der Waals surface area contributed by atoms with E-state index < -0.39 is 0 Å². The maximum atomic E-state index is 12.5. The van der Waals surface area contributed by atoms with Crippen molar-refractivity contribution in [2.24, 2.45) is 0 Å². The van der Waals surface area contributed by atoms with Crippen molar-refractivity contribution < 1.29 is 0 Å². The predicted octanol–water partition coefficient (Wildman–Crippen LogP) is 2.89. The van der Waals surface area contributed by atoms with E-state index in [1.807, 2.05) is 47.0 Å². The predicted molar refractivity (Wildman–Crippen MR) is 72.4 cm³/mol. The fourth-order valence-electron chi connectivity index (χ4n) is 2.78. The summed E-state index contributed by atoms with van der Waals surface area (Å²) in [7, 11) is 0. The lowest BCUT2D eigenvalue weighted by Gasteiger charge is -2.06. The fraction of sp³-hybridized carbons (Fsp3) is 0.0625. The van der Waals surface area contributed by atoms with Crippen molar-refractivity contribution in [1.82, 2.24) is 4.57 Å². The summed E-state index contributed by atoms with van der Waals surface area (Å²) in [6, 6.07) is 18.0. The van der Waals surface area contributed by atoms with Gasteiger partial charge in [0.25, 0.3) is 5.56 Å². The van der Waals surface area contributed by atoms with Crippen LogP contribution in [0.1, 0.15) is 11.3 Å². The third kappa shape index (κ3) is 1.15. The Bertz CT molecular complexity index is 830. The van der Waals surface area contributed by atoms with Crippen molar-refractivity contribution in [3.8, 4) is 5.69 Å². The number of aromatic nitrogens is 1. The minimum absolute atomic E-state index is 0.0908. The van der Waals surface area contributed by atoms with Gasteiger partial charge in [0.1, 0.15) is 0 Å². The molecule has 0 saturated carbocycles. The van der Waals surface area contributed by atoms with Crippen LogP contribution < -0.4 is 5.56 Å². The van der Waals surface area contributed by atoms with Gasteiger partial charge in [-0.05, 0) is 29.1 Å². The third-order valence-electron chi connectivity index (χ3n) is 3.61. The highest BCUT2D eigenvalue weighted by molar-refractivity contribution is 5.83. The minimum atomic E-state index is 0.0908. The lowest BCUT2D eigenvalue weighted by molar-refractivity contribution is 0.980. The smallest absolute Gasteiger partial charge is 0.263 e. The lowest BCUT2D eigenvalue weighted by atomic mass is 10.1. The maximum Gasteiger partial charge on any atom is 0.263 e. The molecule has 1 aliphatic rings. The zero-order valence-electron chi connectivity index (χ0n) is 9.76. The van der Waals surface area contributed by atoms with Gasteiger partial charge in [-0.15, -0.1) is 0 Å². The molecule has 0 radical (unpaired) electrons. The number of hydrogen-bond acceptors (Lipinski definition) is 1. The van der Waals surface area contributed by atoms with E-state index in [0.29, 0.717) is 0 Å². The molecule has 0 bridgehead atoms. The summed E-state index contributed by atoms with van der Waals surface area (Å²) < 4.78 is 1.84. The van der Waals surface area contributed by atoms with Gasteiger partial charge in [0.05, 0.1) is 5.69 Å². The van der Waals surface area contributed by atoms with Gasteiger partial charge < -0.3 is 0 Å². The molecule has 2 heteroatoms. The molecule has 0 N–H and O–H groups in total. The van der Waals surface area contributed by atoms with E-state index in [1.54, 1.807) is 0 Å². The zero-order chi connectivity index (χ0) is 12.1. The third-order valence-corrected chi connectivity index (χ3v) is 3.61. The molecule has 2 heterocycles. The van der Waals surface area contributed by atoms with Crippen LogP contribution in [-0.4, -0.2) is 4.57 Å². The summed E-state index contributed by atoms with van der Waals surface area (Å²) in [4.78, 5) is 12.5. The number of rotatable bonds is 0. The summed E-state index contributed by atoms with van der Waals surface area (Å²) in [6.07, 6.45) is 0.843. The summed E-state index contributed by atoms with van der Waals surface area (Å²) in [5.41, 5.74) is 3.43. The highest BCUT2D eigenvalue weighted by atomic mass is 16.1. The molecule has 0 amide bonds. The van der Waals surface area contributed by atoms with E-state index in [1.165, 1.54) is 5.56 Å². The van der Waals surface area contributed by atoms with Crippen LogP contribution in [0.2, 0.25) is 0 Å². The molecule has 0 fully saturated rings. The molecule has 0 unspecified atom stereocenters. The Morgan fingerprint density at radius 1 is 0.944 bits per heavy atom. The average Bonchev–Trinajstić information content (AvgIpc) is 2.77. The quantitative estimate of drug-likeness (QED) is 0.457. The number of benzene rings is 2. The topological polar surface area (TPSA) is 22.0 Å². The number of pyridine rings is 1. The van der Waals surface area contributed by atoms with Crippen LogP contribution in [0.5, 0.6) is 0 Å². The Morgan fingerprint density at radius 2 is 1.72 bits per heavy atom. The molecule has 1 aromatic heterocycles. The van der Waals surface area contributed by atoms with Crippen molar-refractivity contribution >= 4 is 10.8 Å². The van der Waals surface area contributed by atoms with E-state index in [4.69, 9.17) is 0 Å². The first kappa shape index (κ1) is 9.66. The highest BCUT2D eigenvalue weighted by Gasteiger charge is 2.19. The maximum absolute atomic E-state index is 12.5. The van der Waals surface area contributed by atoms with Gasteiger partial charge in [-0.1, -0.05) is 36.4 Å². The SMILES string of the molecule is O=c1c2ccccc2cc2n1-c1ccccc1C2. The van der Waals surface area contributed by atoms with Crippen LogP contribution in [0.3, 0.4) is 0 Å². The largest absolute Gasteiger partial charge is 0.280 e. The van der Waals surface area contributed by atoms with Gasteiger partial charge in [0.2, 0.25) is 0 Å². The molecule has 18 heavy (non-hydrogen) atoms. The van der Waals surface area contributed by atoms with Gasteiger partial charge in [-0.3, -0.25) is 9.36 Å². The van der Waals surface area contributed by atoms with Gasteiger partial charge in [-0.2, -0.15) is 0 Å². The molecule has 0 atom stereocenters. The van der Waals surface area contributed by atoms with Crippen molar-refractivity contribution in [2.45, 2.75) is 6.42 Å². The average molecular weight is 233 g/mol. The van der Waals surface area contributed by atoms with Gasteiger partial charge in [0, 0.05) is 17.5 Å². The van der Waals surface area contributed by atoms with E-state index in [-0.39, 0.29) is 5.56 Å². The fourth-order valence-corrected chi connectivity index (χ4v) is 2.78. The van der Waals surface area contributed by atoms with E-state index in [9.17, 15) is 4.79 Å². The number of nitrogens with zero attached hydrogens (tertiary/aromatic N) is 1. The zero-order valence-corrected chi connectivity index (χ0v) is 9.76. The number of fused-ring (bicyclic) bond motifs is 4. The molecular weight excluding hydrogens is 222 g/mol. The van der Waals surface area contributed by atoms with E-state index >= 15 is 0 Å².